The zero-order valence-corrected chi connectivity index (χ0v) is 17.3. The fraction of sp³-hybridized carbons (Fsp3) is 0.190. The van der Waals surface area contributed by atoms with Gasteiger partial charge in [0.1, 0.15) is 22.8 Å². The molecule has 0 saturated carbocycles. The molecule has 0 bridgehead atoms. The average molecular weight is 430 g/mol. The SMILES string of the molecule is CCOc1ccc(NC(=O)CSc2[nH]c(=O)c(C)c(O)[n+]2-c2ccc(F)cc2)cc1. The van der Waals surface area contributed by atoms with Gasteiger partial charge in [0.25, 0.3) is 5.88 Å². The van der Waals surface area contributed by atoms with Crippen molar-refractivity contribution in [1.82, 2.24) is 4.98 Å². The summed E-state index contributed by atoms with van der Waals surface area (Å²) in [4.78, 5) is 27.1. The van der Waals surface area contributed by atoms with Gasteiger partial charge in [-0.15, -0.1) is 0 Å². The Labute approximate surface area is 176 Å². The number of ether oxygens (including phenoxy) is 1. The van der Waals surface area contributed by atoms with E-state index in [1.807, 2.05) is 6.92 Å². The van der Waals surface area contributed by atoms with E-state index in [1.165, 1.54) is 35.8 Å². The normalized spacial score (nSPS) is 10.6. The number of nitrogens with one attached hydrogen (secondary N) is 2. The summed E-state index contributed by atoms with van der Waals surface area (Å²) in [6.07, 6.45) is 0. The van der Waals surface area contributed by atoms with Crippen LogP contribution in [0.15, 0.2) is 58.5 Å². The van der Waals surface area contributed by atoms with E-state index in [0.29, 0.717) is 23.7 Å². The molecule has 0 atom stereocenters. The lowest BCUT2D eigenvalue weighted by atomic mass is 10.3. The Morgan fingerprint density at radius 2 is 1.87 bits per heavy atom. The number of H-pyrrole nitrogens is 1. The minimum Gasteiger partial charge on any atom is -0.494 e. The average Bonchev–Trinajstić information content (AvgIpc) is 2.73. The van der Waals surface area contributed by atoms with E-state index in [4.69, 9.17) is 4.74 Å². The highest BCUT2D eigenvalue weighted by atomic mass is 32.2. The van der Waals surface area contributed by atoms with Gasteiger partial charge in [0, 0.05) is 5.69 Å². The van der Waals surface area contributed by atoms with Crippen molar-refractivity contribution in [3.8, 4) is 17.3 Å². The Morgan fingerprint density at radius 1 is 1.20 bits per heavy atom. The molecule has 1 heterocycles. The fourth-order valence-corrected chi connectivity index (χ4v) is 3.50. The molecule has 156 valence electrons. The first-order chi connectivity index (χ1) is 14.4. The van der Waals surface area contributed by atoms with Crippen molar-refractivity contribution < 1.29 is 23.6 Å². The summed E-state index contributed by atoms with van der Waals surface area (Å²) >= 11 is 1.04. The molecule has 0 radical (unpaired) electrons. The molecule has 0 aliphatic carbocycles. The molecule has 0 aliphatic rings. The predicted molar refractivity (Wildman–Crippen MR) is 112 cm³/mol. The second-order valence-corrected chi connectivity index (χ2v) is 7.28. The molecule has 30 heavy (non-hydrogen) atoms. The summed E-state index contributed by atoms with van der Waals surface area (Å²) in [6, 6.07) is 12.4. The summed E-state index contributed by atoms with van der Waals surface area (Å²) in [5.41, 5.74) is 0.696. The molecular weight excluding hydrogens is 409 g/mol. The van der Waals surface area contributed by atoms with Gasteiger partial charge >= 0.3 is 10.7 Å². The van der Waals surface area contributed by atoms with Crippen LogP contribution in [0.3, 0.4) is 0 Å². The van der Waals surface area contributed by atoms with Crippen molar-refractivity contribution in [2.24, 2.45) is 0 Å². The molecule has 1 aromatic heterocycles. The van der Waals surface area contributed by atoms with Gasteiger partial charge in [-0.1, -0.05) is 0 Å². The highest BCUT2D eigenvalue weighted by Crippen LogP contribution is 2.19. The molecule has 3 aromatic rings. The van der Waals surface area contributed by atoms with Crippen LogP contribution in [0.2, 0.25) is 0 Å². The number of halogens is 1. The summed E-state index contributed by atoms with van der Waals surface area (Å²) < 4.78 is 20.0. The highest BCUT2D eigenvalue weighted by molar-refractivity contribution is 7.99. The third-order valence-corrected chi connectivity index (χ3v) is 5.15. The lowest BCUT2D eigenvalue weighted by Crippen LogP contribution is -2.39. The van der Waals surface area contributed by atoms with Crippen LogP contribution in [0.25, 0.3) is 5.69 Å². The van der Waals surface area contributed by atoms with Gasteiger partial charge in [0.15, 0.2) is 0 Å². The van der Waals surface area contributed by atoms with Gasteiger partial charge in [-0.2, -0.15) is 9.55 Å². The van der Waals surface area contributed by atoms with Crippen molar-refractivity contribution >= 4 is 23.4 Å². The zero-order valence-electron chi connectivity index (χ0n) is 16.4. The molecule has 3 N–H and O–H groups in total. The fourth-order valence-electron chi connectivity index (χ4n) is 2.67. The molecular formula is C21H21FN3O4S+. The first-order valence-electron chi connectivity index (χ1n) is 9.18. The number of amides is 1. The Balaban J connectivity index is 1.78. The van der Waals surface area contributed by atoms with Gasteiger partial charge in [-0.05, 0) is 74.1 Å². The van der Waals surface area contributed by atoms with E-state index >= 15 is 0 Å². The van der Waals surface area contributed by atoms with E-state index in [2.05, 4.69) is 10.3 Å². The smallest absolute Gasteiger partial charge is 0.342 e. The third kappa shape index (κ3) is 4.98. The standard InChI is InChI=1S/C21H20FN3O4S/c1-3-29-17-10-6-15(7-11-17)23-18(26)12-30-21-24-19(27)13(2)20(28)25(21)16-8-4-14(22)5-9-16/h4-11H,3,12H2,1-2H3,(H2,23,26,27,28)/p+1. The first kappa shape index (κ1) is 21.4. The number of anilines is 1. The molecule has 0 spiro atoms. The topological polar surface area (TPSA) is 95.3 Å². The zero-order chi connectivity index (χ0) is 21.7. The minimum atomic E-state index is -0.472. The number of carbonyl (C=O) groups is 1. The van der Waals surface area contributed by atoms with Crippen LogP contribution in [0.1, 0.15) is 12.5 Å². The largest absolute Gasteiger partial charge is 0.494 e. The first-order valence-corrected chi connectivity index (χ1v) is 10.2. The number of rotatable bonds is 7. The summed E-state index contributed by atoms with van der Waals surface area (Å²) in [7, 11) is 0. The van der Waals surface area contributed by atoms with Crippen molar-refractivity contribution in [2.45, 2.75) is 19.0 Å². The van der Waals surface area contributed by atoms with Crippen LogP contribution < -0.4 is 20.2 Å². The van der Waals surface area contributed by atoms with Crippen LogP contribution in [0.4, 0.5) is 10.1 Å². The Morgan fingerprint density at radius 3 is 2.50 bits per heavy atom. The van der Waals surface area contributed by atoms with E-state index in [0.717, 1.165) is 11.8 Å². The second kappa shape index (κ2) is 9.45. The minimum absolute atomic E-state index is 0.0210. The third-order valence-electron chi connectivity index (χ3n) is 4.19. The van der Waals surface area contributed by atoms with Crippen LogP contribution >= 0.6 is 11.8 Å². The van der Waals surface area contributed by atoms with Crippen molar-refractivity contribution in [3.63, 3.8) is 0 Å². The van der Waals surface area contributed by atoms with Crippen molar-refractivity contribution in [1.29, 1.82) is 0 Å². The number of carbonyl (C=O) groups excluding carboxylic acids is 1. The number of benzene rings is 2. The number of thioether (sulfide) groups is 1. The molecule has 7 nitrogen and oxygen atoms in total. The van der Waals surface area contributed by atoms with Gasteiger partial charge in [0.05, 0.1) is 12.4 Å². The van der Waals surface area contributed by atoms with E-state index in [9.17, 15) is 19.1 Å². The molecule has 0 fully saturated rings. The highest BCUT2D eigenvalue weighted by Gasteiger charge is 2.24. The maximum atomic E-state index is 13.3. The Kier molecular flexibility index (Phi) is 6.73. The van der Waals surface area contributed by atoms with Gasteiger partial charge in [-0.25, -0.2) is 9.18 Å². The molecule has 0 aliphatic heterocycles. The van der Waals surface area contributed by atoms with Crippen molar-refractivity contribution in [3.05, 3.63) is 70.3 Å². The lowest BCUT2D eigenvalue weighted by molar-refractivity contribution is -0.648. The maximum Gasteiger partial charge on any atom is 0.342 e. The molecule has 0 saturated heterocycles. The predicted octanol–water partition coefficient (Wildman–Crippen LogP) is 2.93. The monoisotopic (exact) mass is 430 g/mol. The number of aromatic nitrogens is 2. The molecule has 9 heteroatoms. The number of aromatic amines is 1. The second-order valence-electron chi connectivity index (χ2n) is 6.31. The summed E-state index contributed by atoms with van der Waals surface area (Å²) in [5.74, 6) is -0.315. The summed E-state index contributed by atoms with van der Waals surface area (Å²) in [6.45, 7) is 3.91. The van der Waals surface area contributed by atoms with Gasteiger partial charge in [-0.3, -0.25) is 4.79 Å². The quantitative estimate of drug-likeness (QED) is 0.304. The van der Waals surface area contributed by atoms with E-state index < -0.39 is 11.4 Å². The Hall–Kier alpha value is -3.33. The van der Waals surface area contributed by atoms with Crippen molar-refractivity contribution in [2.75, 3.05) is 17.7 Å². The Bertz CT molecular complexity index is 1100. The van der Waals surface area contributed by atoms with Crippen LogP contribution in [0.5, 0.6) is 11.6 Å². The van der Waals surface area contributed by atoms with Crippen LogP contribution in [0, 0.1) is 12.7 Å². The molecule has 2 aromatic carbocycles. The van der Waals surface area contributed by atoms with Gasteiger partial charge < -0.3 is 15.2 Å². The van der Waals surface area contributed by atoms with Gasteiger partial charge in [0.2, 0.25) is 5.91 Å². The van der Waals surface area contributed by atoms with Crippen LogP contribution in [-0.4, -0.2) is 28.4 Å². The van der Waals surface area contributed by atoms with E-state index in [-0.39, 0.29) is 28.3 Å². The number of hydrogen-bond acceptors (Lipinski definition) is 5. The lowest BCUT2D eigenvalue weighted by Gasteiger charge is -2.09. The number of hydrogen-bond donors (Lipinski definition) is 3. The van der Waals surface area contributed by atoms with Crippen LogP contribution in [-0.2, 0) is 4.79 Å². The number of nitrogens with zero attached hydrogens (tertiary/aromatic N) is 1. The maximum absolute atomic E-state index is 13.3. The molecule has 1 amide bonds. The molecule has 3 rings (SSSR count). The number of aromatic hydroxyl groups is 1. The molecule has 0 unspecified atom stereocenters. The van der Waals surface area contributed by atoms with E-state index in [1.54, 1.807) is 24.3 Å². The summed E-state index contributed by atoms with van der Waals surface area (Å²) in [5, 5.41) is 13.5.